The van der Waals surface area contributed by atoms with Crippen LogP contribution in [0.1, 0.15) is 20.8 Å². The van der Waals surface area contributed by atoms with E-state index in [-0.39, 0.29) is 18.2 Å². The van der Waals surface area contributed by atoms with Gasteiger partial charge in [0.25, 0.3) is 5.91 Å². The highest BCUT2D eigenvalue weighted by Crippen LogP contribution is 1.99. The third kappa shape index (κ3) is 2.82. The molecule has 5 heteroatoms. The Balaban J connectivity index is 1.92. The zero-order chi connectivity index (χ0) is 13.0. The smallest absolute Gasteiger partial charge is 0.271 e. The van der Waals surface area contributed by atoms with Gasteiger partial charge in [-0.1, -0.05) is 30.3 Å². The molecular formula is C13H13N3O2. The van der Waals surface area contributed by atoms with Crippen LogP contribution in [-0.2, 0) is 7.05 Å². The van der Waals surface area contributed by atoms with E-state index in [0.717, 1.165) is 0 Å². The lowest BCUT2D eigenvalue weighted by atomic mass is 10.1. The summed E-state index contributed by atoms with van der Waals surface area (Å²) in [5, 5.41) is 2.55. The molecule has 0 unspecified atom stereocenters. The highest BCUT2D eigenvalue weighted by atomic mass is 16.2. The molecule has 0 aliphatic heterocycles. The molecule has 1 heterocycles. The molecular weight excluding hydrogens is 230 g/mol. The largest absolute Gasteiger partial charge is 0.343 e. The van der Waals surface area contributed by atoms with E-state index in [9.17, 15) is 9.59 Å². The fourth-order valence-electron chi connectivity index (χ4n) is 1.51. The zero-order valence-corrected chi connectivity index (χ0v) is 9.96. The Labute approximate surface area is 104 Å². The van der Waals surface area contributed by atoms with Gasteiger partial charge in [-0.25, -0.2) is 4.98 Å². The molecule has 0 saturated carbocycles. The third-order valence-electron chi connectivity index (χ3n) is 2.44. The Hall–Kier alpha value is -2.43. The number of Topliss-reactive ketones (excluding diaryl/α,β-unsaturated/α-hetero) is 1. The number of carbonyl (C=O) groups excluding carboxylic acids is 2. The van der Waals surface area contributed by atoms with Gasteiger partial charge in [-0.15, -0.1) is 0 Å². The minimum absolute atomic E-state index is 0.0284. The van der Waals surface area contributed by atoms with Crippen molar-refractivity contribution in [2.24, 2.45) is 7.05 Å². The number of nitrogens with zero attached hydrogens (tertiary/aromatic N) is 2. The molecule has 0 fully saturated rings. The van der Waals surface area contributed by atoms with Crippen LogP contribution < -0.4 is 5.32 Å². The van der Waals surface area contributed by atoms with E-state index in [2.05, 4.69) is 10.3 Å². The Morgan fingerprint density at radius 3 is 2.61 bits per heavy atom. The maximum absolute atomic E-state index is 11.7. The summed E-state index contributed by atoms with van der Waals surface area (Å²) < 4.78 is 1.67. The van der Waals surface area contributed by atoms with Gasteiger partial charge in [0.2, 0.25) is 0 Å². The zero-order valence-electron chi connectivity index (χ0n) is 9.96. The van der Waals surface area contributed by atoms with Crippen molar-refractivity contribution in [3.8, 4) is 0 Å². The number of amides is 1. The molecule has 0 aliphatic rings. The fourth-order valence-corrected chi connectivity index (χ4v) is 1.51. The minimum atomic E-state index is -0.347. The molecule has 1 amide bonds. The predicted molar refractivity (Wildman–Crippen MR) is 66.3 cm³/mol. The summed E-state index contributed by atoms with van der Waals surface area (Å²) in [7, 11) is 1.78. The lowest BCUT2D eigenvalue weighted by molar-refractivity contribution is 0.0901. The van der Waals surface area contributed by atoms with E-state index >= 15 is 0 Å². The van der Waals surface area contributed by atoms with Crippen molar-refractivity contribution in [3.05, 3.63) is 54.1 Å². The van der Waals surface area contributed by atoms with Crippen LogP contribution in [0, 0.1) is 0 Å². The van der Waals surface area contributed by atoms with Gasteiger partial charge in [0.05, 0.1) is 12.9 Å². The minimum Gasteiger partial charge on any atom is -0.343 e. The van der Waals surface area contributed by atoms with Gasteiger partial charge >= 0.3 is 0 Å². The molecule has 5 nitrogen and oxygen atoms in total. The first-order valence-electron chi connectivity index (χ1n) is 5.51. The molecule has 0 atom stereocenters. The lowest BCUT2D eigenvalue weighted by Crippen LogP contribution is -2.29. The topological polar surface area (TPSA) is 64.0 Å². The van der Waals surface area contributed by atoms with E-state index in [4.69, 9.17) is 0 Å². The Bertz CT molecular complexity index is 561. The molecule has 0 aliphatic carbocycles. The van der Waals surface area contributed by atoms with Crippen molar-refractivity contribution in [1.29, 1.82) is 0 Å². The van der Waals surface area contributed by atoms with Crippen LogP contribution in [-0.4, -0.2) is 27.8 Å². The number of aryl methyl sites for hydroxylation is 1. The SMILES string of the molecule is Cn1cnc(C(=O)NCC(=O)c2ccccc2)c1. The van der Waals surface area contributed by atoms with Gasteiger partial charge in [-0.2, -0.15) is 0 Å². The lowest BCUT2D eigenvalue weighted by Gasteiger charge is -2.02. The van der Waals surface area contributed by atoms with Crippen molar-refractivity contribution in [3.63, 3.8) is 0 Å². The van der Waals surface area contributed by atoms with Crippen molar-refractivity contribution in [1.82, 2.24) is 14.9 Å². The van der Waals surface area contributed by atoms with Crippen LogP contribution in [0.5, 0.6) is 0 Å². The highest BCUT2D eigenvalue weighted by Gasteiger charge is 2.11. The van der Waals surface area contributed by atoms with Crippen molar-refractivity contribution in [2.75, 3.05) is 6.54 Å². The molecule has 0 bridgehead atoms. The molecule has 0 saturated heterocycles. The van der Waals surface area contributed by atoms with E-state index in [0.29, 0.717) is 11.3 Å². The number of carbonyl (C=O) groups is 2. The molecule has 1 aromatic heterocycles. The van der Waals surface area contributed by atoms with Crippen LogP contribution in [0.3, 0.4) is 0 Å². The highest BCUT2D eigenvalue weighted by molar-refractivity contribution is 6.01. The van der Waals surface area contributed by atoms with E-state index in [1.54, 1.807) is 42.1 Å². The molecule has 1 aromatic carbocycles. The van der Waals surface area contributed by atoms with E-state index in [1.807, 2.05) is 6.07 Å². The molecule has 0 radical (unpaired) electrons. The average molecular weight is 243 g/mol. The summed E-state index contributed by atoms with van der Waals surface area (Å²) in [6, 6.07) is 8.84. The second-order valence-electron chi connectivity index (χ2n) is 3.90. The maximum atomic E-state index is 11.7. The number of aromatic nitrogens is 2. The van der Waals surface area contributed by atoms with Crippen LogP contribution in [0.25, 0.3) is 0 Å². The van der Waals surface area contributed by atoms with Gasteiger partial charge in [0.1, 0.15) is 5.69 Å². The Morgan fingerprint density at radius 2 is 2.00 bits per heavy atom. The quantitative estimate of drug-likeness (QED) is 0.816. The molecule has 1 N–H and O–H groups in total. The van der Waals surface area contributed by atoms with Gasteiger partial charge in [-0.3, -0.25) is 9.59 Å². The van der Waals surface area contributed by atoms with Crippen LogP contribution in [0.4, 0.5) is 0 Å². The van der Waals surface area contributed by atoms with Crippen molar-refractivity contribution >= 4 is 11.7 Å². The first-order chi connectivity index (χ1) is 8.66. The summed E-state index contributed by atoms with van der Waals surface area (Å²) in [5.74, 6) is -0.472. The fraction of sp³-hybridized carbons (Fsp3) is 0.154. The maximum Gasteiger partial charge on any atom is 0.271 e. The molecule has 18 heavy (non-hydrogen) atoms. The average Bonchev–Trinajstić information content (AvgIpc) is 2.83. The number of ketones is 1. The summed E-state index contributed by atoms with van der Waals surface area (Å²) in [4.78, 5) is 27.3. The third-order valence-corrected chi connectivity index (χ3v) is 2.44. The summed E-state index contributed by atoms with van der Waals surface area (Å²) >= 11 is 0. The van der Waals surface area contributed by atoms with Gasteiger partial charge in [-0.05, 0) is 0 Å². The Morgan fingerprint density at radius 1 is 1.28 bits per heavy atom. The summed E-state index contributed by atoms with van der Waals surface area (Å²) in [6.07, 6.45) is 3.14. The monoisotopic (exact) mass is 243 g/mol. The summed E-state index contributed by atoms with van der Waals surface area (Å²) in [6.45, 7) is -0.0284. The van der Waals surface area contributed by atoms with Gasteiger partial charge in [0.15, 0.2) is 5.78 Å². The normalized spacial score (nSPS) is 10.1. The number of rotatable bonds is 4. The molecule has 2 aromatic rings. The second kappa shape index (κ2) is 5.27. The van der Waals surface area contributed by atoms with Crippen molar-refractivity contribution in [2.45, 2.75) is 0 Å². The molecule has 0 spiro atoms. The second-order valence-corrected chi connectivity index (χ2v) is 3.90. The van der Waals surface area contributed by atoms with Gasteiger partial charge in [0, 0.05) is 18.8 Å². The van der Waals surface area contributed by atoms with Gasteiger partial charge < -0.3 is 9.88 Å². The number of imidazole rings is 1. The van der Waals surface area contributed by atoms with Crippen LogP contribution in [0.15, 0.2) is 42.9 Å². The molecule has 2 rings (SSSR count). The number of nitrogens with one attached hydrogen (secondary N) is 1. The number of hydrogen-bond donors (Lipinski definition) is 1. The summed E-state index contributed by atoms with van der Waals surface area (Å²) in [5.41, 5.74) is 0.886. The Kier molecular flexibility index (Phi) is 3.52. The first kappa shape index (κ1) is 12.0. The standard InChI is InChI=1S/C13H13N3O2/c1-16-8-11(15-9-16)13(18)14-7-12(17)10-5-3-2-4-6-10/h2-6,8-9H,7H2,1H3,(H,14,18). The molecule has 92 valence electrons. The number of benzene rings is 1. The predicted octanol–water partition coefficient (Wildman–Crippen LogP) is 1.03. The first-order valence-corrected chi connectivity index (χ1v) is 5.51. The van der Waals surface area contributed by atoms with Crippen molar-refractivity contribution < 1.29 is 9.59 Å². The van der Waals surface area contributed by atoms with E-state index in [1.165, 1.54) is 6.33 Å². The van der Waals surface area contributed by atoms with Crippen LogP contribution >= 0.6 is 0 Å². The number of hydrogen-bond acceptors (Lipinski definition) is 3. The van der Waals surface area contributed by atoms with E-state index < -0.39 is 0 Å². The van der Waals surface area contributed by atoms with Crippen LogP contribution in [0.2, 0.25) is 0 Å².